The van der Waals surface area contributed by atoms with E-state index < -0.39 is 0 Å². The lowest BCUT2D eigenvalue weighted by atomic mass is 9.72. The number of hydrogen-bond acceptors (Lipinski definition) is 4. The Morgan fingerprint density at radius 2 is 1.84 bits per heavy atom. The third kappa shape index (κ3) is 3.02. The largest absolute Gasteiger partial charge is 0.162 e. The molecular weight excluding hydrogens is 308 g/mol. The minimum Gasteiger partial charge on any atom is -0.162 e. The van der Waals surface area contributed by atoms with Gasteiger partial charge < -0.3 is 0 Å². The van der Waals surface area contributed by atoms with E-state index in [1.165, 1.54) is 29.1 Å². The second-order valence-corrected chi connectivity index (χ2v) is 9.38. The quantitative estimate of drug-likeness (QED) is 0.523. The van der Waals surface area contributed by atoms with Crippen LogP contribution >= 0.6 is 48.8 Å². The average molecular weight is 327 g/mol. The fourth-order valence-electron chi connectivity index (χ4n) is 2.89. The fraction of sp³-hybridized carbons (Fsp3) is 0.467. The first-order chi connectivity index (χ1) is 9.17. The summed E-state index contributed by atoms with van der Waals surface area (Å²) in [7, 11) is 0. The van der Waals surface area contributed by atoms with Gasteiger partial charge in [-0.25, -0.2) is 0 Å². The predicted molar refractivity (Wildman–Crippen MR) is 96.0 cm³/mol. The molecule has 1 saturated carbocycles. The summed E-state index contributed by atoms with van der Waals surface area (Å²) >= 11 is 12.8. The second kappa shape index (κ2) is 6.00. The SMILES string of the molecule is C=CC1=C(/C=C2\CC3C=CC2CC3)SC(S)C(S)S1. The van der Waals surface area contributed by atoms with E-state index in [1.807, 2.05) is 17.8 Å². The molecule has 0 nitrogen and oxygen atoms in total. The summed E-state index contributed by atoms with van der Waals surface area (Å²) in [5, 5.41) is 0. The molecule has 0 spiro atoms. The van der Waals surface area contributed by atoms with Crippen molar-refractivity contribution < 1.29 is 0 Å². The first kappa shape index (κ1) is 14.3. The molecule has 0 radical (unpaired) electrons. The van der Waals surface area contributed by atoms with Crippen LogP contribution in [0.3, 0.4) is 0 Å². The van der Waals surface area contributed by atoms with Crippen LogP contribution in [0.25, 0.3) is 0 Å². The molecule has 4 heteroatoms. The van der Waals surface area contributed by atoms with Gasteiger partial charge in [0.05, 0.1) is 9.16 Å². The first-order valence-electron chi connectivity index (χ1n) is 6.62. The van der Waals surface area contributed by atoms with Crippen molar-refractivity contribution in [2.24, 2.45) is 11.8 Å². The van der Waals surface area contributed by atoms with Gasteiger partial charge in [-0.05, 0) is 37.2 Å². The van der Waals surface area contributed by atoms with Gasteiger partial charge in [-0.3, -0.25) is 0 Å². The maximum absolute atomic E-state index is 4.62. The molecule has 0 amide bonds. The van der Waals surface area contributed by atoms with Gasteiger partial charge in [0.2, 0.25) is 0 Å². The van der Waals surface area contributed by atoms with Crippen LogP contribution in [0.1, 0.15) is 19.3 Å². The van der Waals surface area contributed by atoms with E-state index in [0.29, 0.717) is 5.92 Å². The molecule has 1 heterocycles. The van der Waals surface area contributed by atoms with E-state index in [1.54, 1.807) is 17.3 Å². The van der Waals surface area contributed by atoms with Crippen LogP contribution in [0, 0.1) is 11.8 Å². The number of thioether (sulfide) groups is 2. The van der Waals surface area contributed by atoms with Crippen molar-refractivity contribution in [3.8, 4) is 0 Å². The van der Waals surface area contributed by atoms with E-state index in [4.69, 9.17) is 0 Å². The number of fused-ring (bicyclic) bond motifs is 2. The van der Waals surface area contributed by atoms with Gasteiger partial charge in [0, 0.05) is 9.81 Å². The lowest BCUT2D eigenvalue weighted by Gasteiger charge is -2.34. The summed E-state index contributed by atoms with van der Waals surface area (Å²) in [6.45, 7) is 3.94. The van der Waals surface area contributed by atoms with Gasteiger partial charge >= 0.3 is 0 Å². The molecule has 2 bridgehead atoms. The van der Waals surface area contributed by atoms with E-state index in [2.05, 4.69) is 50.1 Å². The van der Waals surface area contributed by atoms with Crippen molar-refractivity contribution in [1.29, 1.82) is 0 Å². The molecule has 3 aliphatic carbocycles. The lowest BCUT2D eigenvalue weighted by Crippen LogP contribution is -2.20. The Hall–Kier alpha value is 0.360. The van der Waals surface area contributed by atoms with Gasteiger partial charge in [0.15, 0.2) is 0 Å². The Balaban J connectivity index is 1.89. The molecule has 4 rings (SSSR count). The Morgan fingerprint density at radius 1 is 1.11 bits per heavy atom. The molecule has 4 atom stereocenters. The first-order valence-corrected chi connectivity index (χ1v) is 9.41. The van der Waals surface area contributed by atoms with Crippen LogP contribution in [0.2, 0.25) is 0 Å². The predicted octanol–water partition coefficient (Wildman–Crippen LogP) is 5.29. The smallest absolute Gasteiger partial charge is 0.0730 e. The molecule has 19 heavy (non-hydrogen) atoms. The van der Waals surface area contributed by atoms with Crippen molar-refractivity contribution in [3.63, 3.8) is 0 Å². The Labute approximate surface area is 135 Å². The topological polar surface area (TPSA) is 0 Å². The van der Waals surface area contributed by atoms with Crippen LogP contribution in [-0.2, 0) is 0 Å². The van der Waals surface area contributed by atoms with Crippen LogP contribution in [0.4, 0.5) is 0 Å². The van der Waals surface area contributed by atoms with E-state index in [9.17, 15) is 0 Å². The highest BCUT2D eigenvalue weighted by Crippen LogP contribution is 2.49. The summed E-state index contributed by atoms with van der Waals surface area (Å²) in [5.41, 5.74) is 1.60. The van der Waals surface area contributed by atoms with Gasteiger partial charge in [-0.15, -0.1) is 23.5 Å². The molecule has 1 aliphatic heterocycles. The lowest BCUT2D eigenvalue weighted by molar-refractivity contribution is 0.411. The molecule has 4 aliphatic rings. The Kier molecular flexibility index (Phi) is 4.52. The third-order valence-corrected chi connectivity index (χ3v) is 8.35. The van der Waals surface area contributed by atoms with Crippen molar-refractivity contribution in [3.05, 3.63) is 46.3 Å². The molecule has 0 N–H and O–H groups in total. The zero-order valence-corrected chi connectivity index (χ0v) is 14.1. The molecule has 1 fully saturated rings. The van der Waals surface area contributed by atoms with Crippen LogP contribution in [0.5, 0.6) is 0 Å². The summed E-state index contributed by atoms with van der Waals surface area (Å²) in [5.74, 6) is 1.44. The molecule has 102 valence electrons. The molecule has 0 saturated heterocycles. The average Bonchev–Trinajstić information content (AvgIpc) is 2.44. The van der Waals surface area contributed by atoms with Gasteiger partial charge in [0.25, 0.3) is 0 Å². The molecule has 0 aromatic carbocycles. The van der Waals surface area contributed by atoms with E-state index in [0.717, 1.165) is 5.92 Å². The van der Waals surface area contributed by atoms with Crippen molar-refractivity contribution in [2.45, 2.75) is 28.4 Å². The zero-order valence-electron chi connectivity index (χ0n) is 10.7. The monoisotopic (exact) mass is 326 g/mol. The Morgan fingerprint density at radius 3 is 2.37 bits per heavy atom. The van der Waals surface area contributed by atoms with Crippen molar-refractivity contribution in [1.82, 2.24) is 0 Å². The van der Waals surface area contributed by atoms with Crippen molar-refractivity contribution in [2.75, 3.05) is 0 Å². The maximum Gasteiger partial charge on any atom is 0.0730 e. The van der Waals surface area contributed by atoms with Crippen LogP contribution in [0.15, 0.2) is 46.3 Å². The fourth-order valence-corrected chi connectivity index (χ4v) is 6.00. The standard InChI is InChI=1S/C15H18S4/c1-2-12-13(19-15(17)14(16)18-12)8-11-7-9-3-5-10(11)6-4-9/h2-3,5,8-10,14-17H,1,4,6-7H2/b11-8+. The number of rotatable bonds is 2. The summed E-state index contributed by atoms with van der Waals surface area (Å²) in [6.07, 6.45) is 13.1. The highest BCUT2D eigenvalue weighted by Gasteiger charge is 2.29. The second-order valence-electron chi connectivity index (χ2n) is 5.20. The minimum atomic E-state index is 0.242. The van der Waals surface area contributed by atoms with E-state index >= 15 is 0 Å². The molecule has 4 unspecified atom stereocenters. The number of allylic oxidation sites excluding steroid dienone is 5. The van der Waals surface area contributed by atoms with Crippen molar-refractivity contribution >= 4 is 48.8 Å². The highest BCUT2D eigenvalue weighted by atomic mass is 32.2. The number of hydrogen-bond donors (Lipinski definition) is 2. The summed E-state index contributed by atoms with van der Waals surface area (Å²) in [4.78, 5) is 2.59. The third-order valence-electron chi connectivity index (χ3n) is 3.92. The number of thiol groups is 2. The minimum absolute atomic E-state index is 0.242. The molecule has 0 aromatic rings. The van der Waals surface area contributed by atoms with Crippen LogP contribution in [-0.4, -0.2) is 9.16 Å². The summed E-state index contributed by atoms with van der Waals surface area (Å²) in [6, 6.07) is 0. The maximum atomic E-state index is 4.62. The van der Waals surface area contributed by atoms with Gasteiger partial charge in [-0.1, -0.05) is 30.4 Å². The highest BCUT2D eigenvalue weighted by molar-refractivity contribution is 8.21. The molecular formula is C15H18S4. The van der Waals surface area contributed by atoms with E-state index in [-0.39, 0.29) is 9.16 Å². The Bertz CT molecular complexity index is 475. The van der Waals surface area contributed by atoms with Gasteiger partial charge in [0.1, 0.15) is 0 Å². The molecule has 0 aromatic heterocycles. The van der Waals surface area contributed by atoms with Gasteiger partial charge in [-0.2, -0.15) is 25.3 Å². The summed E-state index contributed by atoms with van der Waals surface area (Å²) < 4.78 is 0.492. The van der Waals surface area contributed by atoms with Crippen LogP contribution < -0.4 is 0 Å². The zero-order chi connectivity index (χ0) is 13.4. The normalized spacial score (nSPS) is 40.0.